The van der Waals surface area contributed by atoms with E-state index in [1.54, 1.807) is 18.7 Å². The molecule has 0 unspecified atom stereocenters. The highest BCUT2D eigenvalue weighted by Gasteiger charge is 2.02. The highest BCUT2D eigenvalue weighted by atomic mass is 32.2. The summed E-state index contributed by atoms with van der Waals surface area (Å²) in [6, 6.07) is 0. The molecular weight excluding hydrogens is 234 g/mol. The molecule has 0 aromatic rings. The van der Waals surface area contributed by atoms with E-state index in [-0.39, 0.29) is 12.4 Å². The molecule has 0 aliphatic carbocycles. The molecule has 0 rings (SSSR count). The molecule has 0 aliphatic heterocycles. The Morgan fingerprint density at radius 2 is 1.94 bits per heavy atom. The Bertz CT molecular complexity index is 177. The van der Waals surface area contributed by atoms with E-state index in [1.165, 1.54) is 0 Å². The van der Waals surface area contributed by atoms with Gasteiger partial charge >= 0.3 is 5.97 Å². The number of rotatable bonds is 10. The maximum atomic E-state index is 11.8. The fraction of sp³-hybridized carbons (Fsp3) is 0.909. The van der Waals surface area contributed by atoms with Crippen molar-refractivity contribution in [2.45, 2.75) is 45.5 Å². The fourth-order valence-electron chi connectivity index (χ4n) is 1.21. The van der Waals surface area contributed by atoms with Crippen molar-refractivity contribution < 1.29 is 18.3 Å². The summed E-state index contributed by atoms with van der Waals surface area (Å²) in [6.45, 7) is 2.21. The van der Waals surface area contributed by atoms with Crippen molar-refractivity contribution in [1.82, 2.24) is 0 Å². The lowest BCUT2D eigenvalue weighted by atomic mass is 10.2. The SMILES string of the molecule is CCOC(=O)CSCCCCCCC(F)F. The maximum absolute atomic E-state index is 11.8. The van der Waals surface area contributed by atoms with Crippen LogP contribution in [0.2, 0.25) is 0 Å². The summed E-state index contributed by atoms with van der Waals surface area (Å²) in [5, 5.41) is 0. The van der Waals surface area contributed by atoms with Gasteiger partial charge in [-0.15, -0.1) is 0 Å². The lowest BCUT2D eigenvalue weighted by Gasteiger charge is -2.02. The quantitative estimate of drug-likeness (QED) is 0.441. The van der Waals surface area contributed by atoms with Crippen molar-refractivity contribution in [3.63, 3.8) is 0 Å². The van der Waals surface area contributed by atoms with Crippen LogP contribution >= 0.6 is 11.8 Å². The number of halogens is 2. The molecule has 0 N–H and O–H groups in total. The van der Waals surface area contributed by atoms with Gasteiger partial charge in [-0.2, -0.15) is 11.8 Å². The molecule has 0 aromatic heterocycles. The van der Waals surface area contributed by atoms with Gasteiger partial charge < -0.3 is 4.74 Å². The standard InChI is InChI=1S/C11H20F2O2S/c1-2-15-11(14)9-16-8-6-4-3-5-7-10(12)13/h10H,2-9H2,1H3. The molecule has 5 heteroatoms. The van der Waals surface area contributed by atoms with Crippen molar-refractivity contribution >= 4 is 17.7 Å². The third-order valence-electron chi connectivity index (χ3n) is 1.99. The number of hydrogen-bond donors (Lipinski definition) is 0. The average molecular weight is 254 g/mol. The molecule has 2 nitrogen and oxygen atoms in total. The number of ether oxygens (including phenoxy) is 1. The summed E-state index contributed by atoms with van der Waals surface area (Å²) in [7, 11) is 0. The summed E-state index contributed by atoms with van der Waals surface area (Å²) in [6.07, 6.45) is 1.23. The van der Waals surface area contributed by atoms with Crippen LogP contribution in [0.25, 0.3) is 0 Å². The Morgan fingerprint density at radius 3 is 2.56 bits per heavy atom. The molecule has 0 amide bonds. The molecule has 0 bridgehead atoms. The van der Waals surface area contributed by atoms with Crippen LogP contribution in [0.15, 0.2) is 0 Å². The first-order chi connectivity index (χ1) is 7.66. The number of carbonyl (C=O) groups excluding carboxylic acids is 1. The zero-order valence-electron chi connectivity index (χ0n) is 9.71. The number of unbranched alkanes of at least 4 members (excludes halogenated alkanes) is 3. The topological polar surface area (TPSA) is 26.3 Å². The lowest BCUT2D eigenvalue weighted by molar-refractivity contribution is -0.139. The van der Waals surface area contributed by atoms with Crippen LogP contribution in [-0.2, 0) is 9.53 Å². The van der Waals surface area contributed by atoms with E-state index < -0.39 is 6.43 Å². The van der Waals surface area contributed by atoms with Crippen LogP contribution in [0.4, 0.5) is 8.78 Å². The van der Waals surface area contributed by atoms with Crippen LogP contribution < -0.4 is 0 Å². The smallest absolute Gasteiger partial charge is 0.315 e. The van der Waals surface area contributed by atoms with Crippen molar-refractivity contribution in [2.75, 3.05) is 18.1 Å². The van der Waals surface area contributed by atoms with Crippen LogP contribution in [0.1, 0.15) is 39.0 Å². The molecule has 0 aliphatic rings. The second kappa shape index (κ2) is 11.2. The first kappa shape index (κ1) is 15.7. The summed E-state index contributed by atoms with van der Waals surface area (Å²) < 4.78 is 28.3. The summed E-state index contributed by atoms with van der Waals surface area (Å²) in [5.74, 6) is 1.11. The van der Waals surface area contributed by atoms with E-state index in [4.69, 9.17) is 4.74 Å². The molecule has 0 radical (unpaired) electrons. The molecule has 0 saturated heterocycles. The maximum Gasteiger partial charge on any atom is 0.315 e. The summed E-state index contributed by atoms with van der Waals surface area (Å²) in [5.41, 5.74) is 0. The lowest BCUT2D eigenvalue weighted by Crippen LogP contribution is -2.06. The molecule has 0 spiro atoms. The third kappa shape index (κ3) is 11.8. The van der Waals surface area contributed by atoms with E-state index in [1.807, 2.05) is 0 Å². The van der Waals surface area contributed by atoms with Gasteiger partial charge in [0.25, 0.3) is 0 Å². The predicted octanol–water partition coefficient (Wildman–Crippen LogP) is 3.50. The van der Waals surface area contributed by atoms with Crippen molar-refractivity contribution in [3.8, 4) is 0 Å². The van der Waals surface area contributed by atoms with Gasteiger partial charge in [0.05, 0.1) is 12.4 Å². The highest BCUT2D eigenvalue weighted by Crippen LogP contribution is 2.11. The molecular formula is C11H20F2O2S. The van der Waals surface area contributed by atoms with E-state index in [2.05, 4.69) is 0 Å². The number of esters is 1. The third-order valence-corrected chi connectivity index (χ3v) is 3.00. The van der Waals surface area contributed by atoms with Gasteiger partial charge in [-0.1, -0.05) is 12.8 Å². The Morgan fingerprint density at radius 1 is 1.25 bits per heavy atom. The molecule has 0 aromatic carbocycles. The van der Waals surface area contributed by atoms with Crippen LogP contribution in [0, 0.1) is 0 Å². The summed E-state index contributed by atoms with van der Waals surface area (Å²) >= 11 is 1.54. The van der Waals surface area contributed by atoms with Crippen molar-refractivity contribution in [2.24, 2.45) is 0 Å². The second-order valence-corrected chi connectivity index (χ2v) is 4.56. The second-order valence-electron chi connectivity index (χ2n) is 3.45. The Hall–Kier alpha value is -0.320. The number of thioether (sulfide) groups is 1. The van der Waals surface area contributed by atoms with Crippen molar-refractivity contribution in [3.05, 3.63) is 0 Å². The highest BCUT2D eigenvalue weighted by molar-refractivity contribution is 7.99. The Labute approximate surface area is 100 Å². The Balaban J connectivity index is 3.07. The molecule has 0 saturated carbocycles. The van der Waals surface area contributed by atoms with Gasteiger partial charge in [-0.25, -0.2) is 8.78 Å². The van der Waals surface area contributed by atoms with Crippen molar-refractivity contribution in [1.29, 1.82) is 0 Å². The molecule has 16 heavy (non-hydrogen) atoms. The predicted molar refractivity (Wildman–Crippen MR) is 63.0 cm³/mol. The molecule has 0 heterocycles. The molecule has 0 atom stereocenters. The van der Waals surface area contributed by atoms with Crippen LogP contribution in [0.5, 0.6) is 0 Å². The van der Waals surface area contributed by atoms with Gasteiger partial charge in [0.1, 0.15) is 0 Å². The normalized spacial score (nSPS) is 10.8. The minimum atomic E-state index is -2.17. The first-order valence-corrected chi connectivity index (χ1v) is 6.83. The monoisotopic (exact) mass is 254 g/mol. The molecule has 0 fully saturated rings. The average Bonchev–Trinajstić information content (AvgIpc) is 2.22. The van der Waals surface area contributed by atoms with Gasteiger partial charge in [0.2, 0.25) is 6.43 Å². The Kier molecular flexibility index (Phi) is 11.0. The van der Waals surface area contributed by atoms with Gasteiger partial charge in [-0.3, -0.25) is 4.79 Å². The minimum Gasteiger partial charge on any atom is -0.465 e. The van der Waals surface area contributed by atoms with E-state index >= 15 is 0 Å². The largest absolute Gasteiger partial charge is 0.465 e. The van der Waals surface area contributed by atoms with Gasteiger partial charge in [-0.05, 0) is 25.5 Å². The van der Waals surface area contributed by atoms with E-state index in [9.17, 15) is 13.6 Å². The van der Waals surface area contributed by atoms with Gasteiger partial charge in [0, 0.05) is 6.42 Å². The fourth-order valence-corrected chi connectivity index (χ4v) is 2.02. The first-order valence-electron chi connectivity index (χ1n) is 5.68. The van der Waals surface area contributed by atoms with Crippen LogP contribution in [0.3, 0.4) is 0 Å². The number of alkyl halides is 2. The number of carbonyl (C=O) groups is 1. The number of hydrogen-bond acceptors (Lipinski definition) is 3. The zero-order valence-corrected chi connectivity index (χ0v) is 10.5. The van der Waals surface area contributed by atoms with Crippen LogP contribution in [-0.4, -0.2) is 30.5 Å². The van der Waals surface area contributed by atoms with E-state index in [0.717, 1.165) is 25.0 Å². The zero-order chi connectivity index (χ0) is 12.2. The minimum absolute atomic E-state index is 0.00989. The molecule has 96 valence electrons. The van der Waals surface area contributed by atoms with E-state index in [0.29, 0.717) is 18.8 Å². The summed E-state index contributed by atoms with van der Waals surface area (Å²) in [4.78, 5) is 10.9. The van der Waals surface area contributed by atoms with Gasteiger partial charge in [0.15, 0.2) is 0 Å².